The molecule has 72 valence electrons. The van der Waals surface area contributed by atoms with Crippen molar-refractivity contribution >= 4 is 11.6 Å². The topological polar surface area (TPSA) is 35.2 Å². The molecule has 13 heavy (non-hydrogen) atoms. The van der Waals surface area contributed by atoms with Crippen molar-refractivity contribution in [3.8, 4) is 5.75 Å². The van der Waals surface area contributed by atoms with Crippen LogP contribution in [0.2, 0.25) is 5.02 Å². The van der Waals surface area contributed by atoms with E-state index in [1.54, 1.807) is 13.2 Å². The van der Waals surface area contributed by atoms with E-state index in [1.807, 2.05) is 26.0 Å². The van der Waals surface area contributed by atoms with Crippen LogP contribution in [0, 0.1) is 0 Å². The van der Waals surface area contributed by atoms with Crippen LogP contribution >= 0.6 is 11.6 Å². The summed E-state index contributed by atoms with van der Waals surface area (Å²) in [6.45, 7) is 3.84. The average Bonchev–Trinajstić information content (AvgIpc) is 2.03. The van der Waals surface area contributed by atoms with Crippen LogP contribution in [-0.2, 0) is 5.54 Å². The quantitative estimate of drug-likeness (QED) is 0.795. The van der Waals surface area contributed by atoms with Gasteiger partial charge < -0.3 is 10.5 Å². The van der Waals surface area contributed by atoms with E-state index in [4.69, 9.17) is 22.1 Å². The van der Waals surface area contributed by atoms with Crippen LogP contribution in [0.15, 0.2) is 18.2 Å². The molecular formula is C10H14ClNO. The Kier molecular flexibility index (Phi) is 2.84. The van der Waals surface area contributed by atoms with Crippen molar-refractivity contribution in [2.24, 2.45) is 5.73 Å². The summed E-state index contributed by atoms with van der Waals surface area (Å²) in [5.41, 5.74) is 6.45. The summed E-state index contributed by atoms with van der Waals surface area (Å²) >= 11 is 5.87. The minimum Gasteiger partial charge on any atom is -0.496 e. The van der Waals surface area contributed by atoms with Gasteiger partial charge in [-0.05, 0) is 32.0 Å². The predicted octanol–water partition coefficient (Wildman–Crippen LogP) is 2.54. The zero-order chi connectivity index (χ0) is 10.1. The molecule has 0 aliphatic rings. The molecule has 0 aliphatic heterocycles. The monoisotopic (exact) mass is 199 g/mol. The molecule has 0 saturated heterocycles. The van der Waals surface area contributed by atoms with Crippen LogP contribution in [0.5, 0.6) is 5.75 Å². The van der Waals surface area contributed by atoms with Gasteiger partial charge in [0.1, 0.15) is 5.75 Å². The van der Waals surface area contributed by atoms with Gasteiger partial charge in [-0.1, -0.05) is 11.6 Å². The van der Waals surface area contributed by atoms with Crippen LogP contribution in [0.3, 0.4) is 0 Å². The van der Waals surface area contributed by atoms with Gasteiger partial charge in [0.15, 0.2) is 0 Å². The van der Waals surface area contributed by atoms with Crippen LogP contribution in [0.1, 0.15) is 19.4 Å². The smallest absolute Gasteiger partial charge is 0.123 e. The van der Waals surface area contributed by atoms with E-state index in [1.165, 1.54) is 0 Å². The molecule has 2 N–H and O–H groups in total. The van der Waals surface area contributed by atoms with E-state index in [-0.39, 0.29) is 0 Å². The van der Waals surface area contributed by atoms with Gasteiger partial charge in [0.25, 0.3) is 0 Å². The lowest BCUT2D eigenvalue weighted by Gasteiger charge is -2.22. The van der Waals surface area contributed by atoms with Crippen molar-refractivity contribution in [2.45, 2.75) is 19.4 Å². The Labute approximate surface area is 83.6 Å². The molecule has 0 aliphatic carbocycles. The standard InChI is InChI=1S/C10H14ClNO/c1-10(2,12)8-6-7(11)4-5-9(8)13-3/h4-6H,12H2,1-3H3. The van der Waals surface area contributed by atoms with Crippen molar-refractivity contribution in [1.82, 2.24) is 0 Å². The third kappa shape index (κ3) is 2.36. The second kappa shape index (κ2) is 3.56. The van der Waals surface area contributed by atoms with E-state index in [9.17, 15) is 0 Å². The third-order valence-electron chi connectivity index (χ3n) is 1.86. The number of benzene rings is 1. The molecule has 0 spiro atoms. The summed E-state index contributed by atoms with van der Waals surface area (Å²) in [6, 6.07) is 5.45. The van der Waals surface area contributed by atoms with E-state index in [2.05, 4.69) is 0 Å². The van der Waals surface area contributed by atoms with E-state index in [0.717, 1.165) is 11.3 Å². The highest BCUT2D eigenvalue weighted by Crippen LogP contribution is 2.30. The van der Waals surface area contributed by atoms with Gasteiger partial charge in [0, 0.05) is 16.1 Å². The van der Waals surface area contributed by atoms with Crippen LogP contribution in [0.25, 0.3) is 0 Å². The number of methoxy groups -OCH3 is 1. The first kappa shape index (κ1) is 10.4. The summed E-state index contributed by atoms with van der Waals surface area (Å²) in [5, 5.41) is 0.675. The molecule has 3 heteroatoms. The molecule has 0 unspecified atom stereocenters. The molecule has 0 aromatic heterocycles. The maximum absolute atomic E-state index is 5.96. The molecule has 0 saturated carbocycles. The van der Waals surface area contributed by atoms with Crippen molar-refractivity contribution in [3.05, 3.63) is 28.8 Å². The fraction of sp³-hybridized carbons (Fsp3) is 0.400. The number of hydrogen-bond acceptors (Lipinski definition) is 2. The normalized spacial score (nSPS) is 11.5. The number of hydrogen-bond donors (Lipinski definition) is 1. The highest BCUT2D eigenvalue weighted by Gasteiger charge is 2.19. The lowest BCUT2D eigenvalue weighted by molar-refractivity contribution is 0.394. The minimum atomic E-state index is -0.434. The summed E-state index contributed by atoms with van der Waals surface area (Å²) < 4.78 is 5.19. The number of halogens is 1. The van der Waals surface area contributed by atoms with Gasteiger partial charge >= 0.3 is 0 Å². The summed E-state index contributed by atoms with van der Waals surface area (Å²) in [4.78, 5) is 0. The molecule has 1 aromatic rings. The maximum Gasteiger partial charge on any atom is 0.123 e. The molecule has 1 aromatic carbocycles. The Morgan fingerprint density at radius 2 is 2.00 bits per heavy atom. The van der Waals surface area contributed by atoms with Gasteiger partial charge in [0.05, 0.1) is 7.11 Å². The highest BCUT2D eigenvalue weighted by atomic mass is 35.5. The van der Waals surface area contributed by atoms with Gasteiger partial charge in [-0.2, -0.15) is 0 Å². The molecule has 0 fully saturated rings. The van der Waals surface area contributed by atoms with Crippen LogP contribution in [-0.4, -0.2) is 7.11 Å². The first-order valence-electron chi connectivity index (χ1n) is 4.08. The fourth-order valence-electron chi connectivity index (χ4n) is 1.18. The number of nitrogens with two attached hydrogens (primary N) is 1. The number of rotatable bonds is 2. The zero-order valence-electron chi connectivity index (χ0n) is 8.10. The predicted molar refractivity (Wildman–Crippen MR) is 55.2 cm³/mol. The Morgan fingerprint density at radius 1 is 1.38 bits per heavy atom. The van der Waals surface area contributed by atoms with Crippen molar-refractivity contribution < 1.29 is 4.74 Å². The molecular weight excluding hydrogens is 186 g/mol. The summed E-state index contributed by atoms with van der Waals surface area (Å²) in [7, 11) is 1.62. The summed E-state index contributed by atoms with van der Waals surface area (Å²) in [5.74, 6) is 0.775. The fourth-order valence-corrected chi connectivity index (χ4v) is 1.36. The molecule has 0 atom stereocenters. The Hall–Kier alpha value is -0.730. The second-order valence-corrected chi connectivity index (χ2v) is 4.00. The van der Waals surface area contributed by atoms with Crippen molar-refractivity contribution in [3.63, 3.8) is 0 Å². The van der Waals surface area contributed by atoms with Crippen LogP contribution < -0.4 is 10.5 Å². The Bertz CT molecular complexity index is 304. The second-order valence-electron chi connectivity index (χ2n) is 3.57. The molecule has 0 bridgehead atoms. The summed E-state index contributed by atoms with van der Waals surface area (Å²) in [6.07, 6.45) is 0. The van der Waals surface area contributed by atoms with E-state index >= 15 is 0 Å². The molecule has 0 radical (unpaired) electrons. The molecule has 0 amide bonds. The molecule has 1 rings (SSSR count). The average molecular weight is 200 g/mol. The largest absolute Gasteiger partial charge is 0.496 e. The third-order valence-corrected chi connectivity index (χ3v) is 2.09. The Morgan fingerprint density at radius 3 is 2.46 bits per heavy atom. The van der Waals surface area contributed by atoms with Gasteiger partial charge in [-0.25, -0.2) is 0 Å². The molecule has 0 heterocycles. The minimum absolute atomic E-state index is 0.434. The highest BCUT2D eigenvalue weighted by molar-refractivity contribution is 6.30. The first-order chi connectivity index (χ1) is 5.95. The van der Waals surface area contributed by atoms with Crippen LogP contribution in [0.4, 0.5) is 0 Å². The first-order valence-corrected chi connectivity index (χ1v) is 4.46. The van der Waals surface area contributed by atoms with Crippen molar-refractivity contribution in [1.29, 1.82) is 0 Å². The lowest BCUT2D eigenvalue weighted by atomic mass is 9.95. The lowest BCUT2D eigenvalue weighted by Crippen LogP contribution is -2.29. The van der Waals surface area contributed by atoms with Crippen molar-refractivity contribution in [2.75, 3.05) is 7.11 Å². The van der Waals surface area contributed by atoms with Gasteiger partial charge in [0.2, 0.25) is 0 Å². The van der Waals surface area contributed by atoms with Gasteiger partial charge in [-0.15, -0.1) is 0 Å². The molecule has 2 nitrogen and oxygen atoms in total. The van der Waals surface area contributed by atoms with E-state index in [0.29, 0.717) is 5.02 Å². The zero-order valence-corrected chi connectivity index (χ0v) is 8.85. The SMILES string of the molecule is COc1ccc(Cl)cc1C(C)(C)N. The number of ether oxygens (including phenoxy) is 1. The maximum atomic E-state index is 5.96. The van der Waals surface area contributed by atoms with E-state index < -0.39 is 5.54 Å². The Balaban J connectivity index is 3.24. The van der Waals surface area contributed by atoms with Gasteiger partial charge in [-0.3, -0.25) is 0 Å².